The van der Waals surface area contributed by atoms with E-state index in [0.29, 0.717) is 6.54 Å². The molecule has 0 bridgehead atoms. The van der Waals surface area contributed by atoms with Crippen molar-refractivity contribution in [3.63, 3.8) is 0 Å². The van der Waals surface area contributed by atoms with Crippen molar-refractivity contribution in [3.8, 4) is 0 Å². The van der Waals surface area contributed by atoms with Gasteiger partial charge in [-0.2, -0.15) is 0 Å². The van der Waals surface area contributed by atoms with Crippen LogP contribution >= 0.6 is 15.9 Å². The van der Waals surface area contributed by atoms with E-state index >= 15 is 0 Å². The molecule has 0 radical (unpaired) electrons. The van der Waals surface area contributed by atoms with Gasteiger partial charge in [-0.1, -0.05) is 22.0 Å². The molecule has 0 saturated carbocycles. The molecule has 76 valence electrons. The molecule has 3 nitrogen and oxygen atoms in total. The summed E-state index contributed by atoms with van der Waals surface area (Å²) in [6, 6.07) is 5.68. The molecule has 1 aromatic carbocycles. The Morgan fingerprint density at radius 3 is 2.79 bits per heavy atom. The molecule has 1 rings (SSSR count). The maximum atomic E-state index is 11.1. The number of nitrogens with two attached hydrogens (primary N) is 1. The average molecular weight is 258 g/mol. The molecule has 0 heterocycles. The number of halogens is 1. The molecule has 0 fully saturated rings. The molecule has 0 aliphatic heterocycles. The molecule has 0 spiro atoms. The first-order valence-electron chi connectivity index (χ1n) is 4.21. The predicted molar refractivity (Wildman–Crippen MR) is 57.8 cm³/mol. The largest absolute Gasteiger partial charge is 0.469 e. The Balaban J connectivity index is 2.90. The van der Waals surface area contributed by atoms with Gasteiger partial charge >= 0.3 is 5.97 Å². The van der Waals surface area contributed by atoms with Crippen molar-refractivity contribution >= 4 is 21.9 Å². The van der Waals surface area contributed by atoms with Crippen LogP contribution in [0, 0.1) is 0 Å². The zero-order valence-corrected chi connectivity index (χ0v) is 9.50. The molecule has 2 N–H and O–H groups in total. The second-order valence-electron chi connectivity index (χ2n) is 2.87. The molecule has 0 saturated heterocycles. The van der Waals surface area contributed by atoms with Crippen molar-refractivity contribution < 1.29 is 9.53 Å². The van der Waals surface area contributed by atoms with Gasteiger partial charge in [0.2, 0.25) is 0 Å². The maximum Gasteiger partial charge on any atom is 0.309 e. The predicted octanol–water partition coefficient (Wildman–Crippen LogP) is 1.62. The Labute approximate surface area is 91.4 Å². The monoisotopic (exact) mass is 257 g/mol. The van der Waals surface area contributed by atoms with Gasteiger partial charge in [0.1, 0.15) is 0 Å². The van der Waals surface area contributed by atoms with E-state index in [0.717, 1.165) is 15.6 Å². The summed E-state index contributed by atoms with van der Waals surface area (Å²) in [6.07, 6.45) is 0.274. The highest BCUT2D eigenvalue weighted by Crippen LogP contribution is 2.17. The normalized spacial score (nSPS) is 9.93. The third-order valence-corrected chi connectivity index (χ3v) is 2.44. The van der Waals surface area contributed by atoms with Crippen LogP contribution in [-0.2, 0) is 22.5 Å². The molecule has 0 atom stereocenters. The smallest absolute Gasteiger partial charge is 0.309 e. The first-order valence-corrected chi connectivity index (χ1v) is 5.01. The molecule has 4 heteroatoms. The molecule has 14 heavy (non-hydrogen) atoms. The highest BCUT2D eigenvalue weighted by Gasteiger charge is 2.07. The van der Waals surface area contributed by atoms with E-state index in [1.165, 1.54) is 7.11 Å². The van der Waals surface area contributed by atoms with Gasteiger partial charge in [0.05, 0.1) is 13.5 Å². The van der Waals surface area contributed by atoms with Crippen molar-refractivity contribution in [2.45, 2.75) is 13.0 Å². The number of ether oxygens (including phenoxy) is 1. The van der Waals surface area contributed by atoms with E-state index in [4.69, 9.17) is 5.73 Å². The van der Waals surface area contributed by atoms with Crippen LogP contribution in [0.1, 0.15) is 11.1 Å². The molecule has 0 aliphatic carbocycles. The Kier molecular flexibility index (Phi) is 4.10. The summed E-state index contributed by atoms with van der Waals surface area (Å²) in [4.78, 5) is 11.1. The van der Waals surface area contributed by atoms with Gasteiger partial charge in [0.15, 0.2) is 0 Å². The van der Waals surface area contributed by atoms with Gasteiger partial charge in [0, 0.05) is 11.0 Å². The van der Waals surface area contributed by atoms with E-state index < -0.39 is 0 Å². The molecule has 0 amide bonds. The zero-order chi connectivity index (χ0) is 10.6. The Morgan fingerprint density at radius 2 is 2.21 bits per heavy atom. The van der Waals surface area contributed by atoms with Gasteiger partial charge in [-0.3, -0.25) is 4.79 Å². The van der Waals surface area contributed by atoms with E-state index in [9.17, 15) is 4.79 Å². The molecule has 0 unspecified atom stereocenters. The van der Waals surface area contributed by atoms with Gasteiger partial charge in [-0.25, -0.2) is 0 Å². The number of hydrogen-bond donors (Lipinski definition) is 1. The van der Waals surface area contributed by atoms with Crippen LogP contribution in [0.5, 0.6) is 0 Å². The second kappa shape index (κ2) is 5.12. The van der Waals surface area contributed by atoms with Crippen LogP contribution in [0.3, 0.4) is 0 Å². The van der Waals surface area contributed by atoms with Gasteiger partial charge in [-0.15, -0.1) is 0 Å². The first kappa shape index (κ1) is 11.2. The first-order chi connectivity index (χ1) is 6.67. The fourth-order valence-electron chi connectivity index (χ4n) is 1.18. The summed E-state index contributed by atoms with van der Waals surface area (Å²) in [5.74, 6) is -0.248. The van der Waals surface area contributed by atoms with Crippen LogP contribution < -0.4 is 5.73 Å². The summed E-state index contributed by atoms with van der Waals surface area (Å²) in [7, 11) is 1.38. The zero-order valence-electron chi connectivity index (χ0n) is 7.92. The van der Waals surface area contributed by atoms with Crippen molar-refractivity contribution in [1.82, 2.24) is 0 Å². The van der Waals surface area contributed by atoms with Gasteiger partial charge in [-0.05, 0) is 23.3 Å². The van der Waals surface area contributed by atoms with E-state index in [-0.39, 0.29) is 12.4 Å². The minimum Gasteiger partial charge on any atom is -0.469 e. The van der Waals surface area contributed by atoms with Gasteiger partial charge in [0.25, 0.3) is 0 Å². The lowest BCUT2D eigenvalue weighted by molar-refractivity contribution is -0.139. The van der Waals surface area contributed by atoms with Crippen LogP contribution in [0.15, 0.2) is 22.7 Å². The summed E-state index contributed by atoms with van der Waals surface area (Å²) >= 11 is 3.35. The molecular formula is C10H12BrNO2. The quantitative estimate of drug-likeness (QED) is 0.838. The van der Waals surface area contributed by atoms with Crippen LogP contribution in [0.25, 0.3) is 0 Å². The van der Waals surface area contributed by atoms with Crippen molar-refractivity contribution in [2.24, 2.45) is 5.73 Å². The topological polar surface area (TPSA) is 52.3 Å². The minimum absolute atomic E-state index is 0.248. The number of esters is 1. The van der Waals surface area contributed by atoms with Crippen LogP contribution in [0.4, 0.5) is 0 Å². The van der Waals surface area contributed by atoms with E-state index in [1.54, 1.807) is 0 Å². The highest BCUT2D eigenvalue weighted by atomic mass is 79.9. The fraction of sp³-hybridized carbons (Fsp3) is 0.300. The van der Waals surface area contributed by atoms with Crippen molar-refractivity contribution in [1.29, 1.82) is 0 Å². The summed E-state index contributed by atoms with van der Waals surface area (Å²) in [5.41, 5.74) is 7.45. The lowest BCUT2D eigenvalue weighted by Gasteiger charge is -2.06. The fourth-order valence-corrected chi connectivity index (χ4v) is 1.59. The summed E-state index contributed by atoms with van der Waals surface area (Å²) < 4.78 is 5.56. The number of hydrogen-bond acceptors (Lipinski definition) is 3. The standard InChI is InChI=1S/C10H12BrNO2/c1-14-10(13)5-7-2-3-9(11)4-8(7)6-12/h2-4H,5-6,12H2,1H3. The Morgan fingerprint density at radius 1 is 1.50 bits per heavy atom. The molecule has 0 aromatic heterocycles. The number of methoxy groups -OCH3 is 1. The minimum atomic E-state index is -0.248. The molecule has 1 aromatic rings. The average Bonchev–Trinajstić information content (AvgIpc) is 2.20. The molecular weight excluding hydrogens is 246 g/mol. The highest BCUT2D eigenvalue weighted by molar-refractivity contribution is 9.10. The lowest BCUT2D eigenvalue weighted by Crippen LogP contribution is -2.09. The number of benzene rings is 1. The number of carbonyl (C=O) groups is 1. The van der Waals surface area contributed by atoms with Crippen molar-refractivity contribution in [3.05, 3.63) is 33.8 Å². The number of rotatable bonds is 3. The third-order valence-electron chi connectivity index (χ3n) is 1.95. The van der Waals surface area contributed by atoms with Crippen LogP contribution in [0.2, 0.25) is 0 Å². The SMILES string of the molecule is COC(=O)Cc1ccc(Br)cc1CN. The Hall–Kier alpha value is -0.870. The van der Waals surface area contributed by atoms with E-state index in [1.807, 2.05) is 18.2 Å². The van der Waals surface area contributed by atoms with Crippen LogP contribution in [-0.4, -0.2) is 13.1 Å². The molecule has 0 aliphatic rings. The summed E-state index contributed by atoms with van der Waals surface area (Å²) in [6.45, 7) is 0.422. The van der Waals surface area contributed by atoms with Gasteiger partial charge < -0.3 is 10.5 Å². The lowest BCUT2D eigenvalue weighted by atomic mass is 10.1. The van der Waals surface area contributed by atoms with E-state index in [2.05, 4.69) is 20.7 Å². The van der Waals surface area contributed by atoms with Crippen molar-refractivity contribution in [2.75, 3.05) is 7.11 Å². The number of carbonyl (C=O) groups excluding carboxylic acids is 1. The third kappa shape index (κ3) is 2.82. The second-order valence-corrected chi connectivity index (χ2v) is 3.79. The Bertz CT molecular complexity index is 339. The summed E-state index contributed by atoms with van der Waals surface area (Å²) in [5, 5.41) is 0. The maximum absolute atomic E-state index is 11.1.